The van der Waals surface area contributed by atoms with Crippen molar-refractivity contribution in [3.8, 4) is 5.75 Å². The summed E-state index contributed by atoms with van der Waals surface area (Å²) in [6.07, 6.45) is 4.35. The summed E-state index contributed by atoms with van der Waals surface area (Å²) < 4.78 is 5.60. The molecule has 1 amide bonds. The van der Waals surface area contributed by atoms with Gasteiger partial charge in [-0.25, -0.2) is 9.78 Å². The molecule has 32 heavy (non-hydrogen) atoms. The van der Waals surface area contributed by atoms with Crippen molar-refractivity contribution < 1.29 is 9.53 Å². The van der Waals surface area contributed by atoms with Gasteiger partial charge >= 0.3 is 6.09 Å². The Labute approximate surface area is 193 Å². The molecule has 1 aliphatic rings. The highest BCUT2D eigenvalue weighted by molar-refractivity contribution is 7.09. The van der Waals surface area contributed by atoms with E-state index in [0.717, 1.165) is 55.3 Å². The van der Waals surface area contributed by atoms with E-state index in [2.05, 4.69) is 33.2 Å². The van der Waals surface area contributed by atoms with Crippen LogP contribution in [-0.2, 0) is 19.3 Å². The second-order valence-electron chi connectivity index (χ2n) is 8.27. The fourth-order valence-electron chi connectivity index (χ4n) is 3.85. The average molecular weight is 451 g/mol. The number of pyridine rings is 1. The summed E-state index contributed by atoms with van der Waals surface area (Å²) >= 11 is 1.70. The number of piperazine rings is 1. The normalized spacial score (nSPS) is 14.5. The highest BCUT2D eigenvalue weighted by Gasteiger charge is 2.22. The molecular weight excluding hydrogens is 420 g/mol. The van der Waals surface area contributed by atoms with Crippen LogP contribution in [0.5, 0.6) is 5.75 Å². The highest BCUT2D eigenvalue weighted by atomic mass is 32.1. The maximum atomic E-state index is 12.6. The minimum Gasteiger partial charge on any atom is -0.410 e. The molecule has 0 bridgehead atoms. The molecule has 1 aliphatic heterocycles. The summed E-state index contributed by atoms with van der Waals surface area (Å²) in [7, 11) is 0. The molecule has 0 aliphatic carbocycles. The molecule has 0 N–H and O–H groups in total. The SMILES string of the molecule is Cc1ccnc(CCc2ccc(OC(=O)N3CCN(CCc4csc(C)n4)CC3)cc2)c1. The molecule has 1 aromatic carbocycles. The molecule has 0 atom stereocenters. The smallest absolute Gasteiger partial charge is 0.410 e. The molecule has 0 saturated carbocycles. The molecule has 2 aromatic heterocycles. The van der Waals surface area contributed by atoms with Gasteiger partial charge < -0.3 is 9.64 Å². The molecule has 0 unspecified atom stereocenters. The van der Waals surface area contributed by atoms with Crippen molar-refractivity contribution in [3.05, 3.63) is 75.5 Å². The third kappa shape index (κ3) is 6.37. The number of benzene rings is 1. The van der Waals surface area contributed by atoms with Gasteiger partial charge in [0.05, 0.1) is 10.7 Å². The maximum Gasteiger partial charge on any atom is 0.415 e. The van der Waals surface area contributed by atoms with Crippen molar-refractivity contribution in [2.75, 3.05) is 32.7 Å². The molecule has 7 heteroatoms. The van der Waals surface area contributed by atoms with Crippen molar-refractivity contribution in [2.24, 2.45) is 0 Å². The molecule has 1 saturated heterocycles. The van der Waals surface area contributed by atoms with E-state index in [1.54, 1.807) is 16.2 Å². The van der Waals surface area contributed by atoms with Gasteiger partial charge in [-0.05, 0) is 62.1 Å². The van der Waals surface area contributed by atoms with Crippen molar-refractivity contribution in [3.63, 3.8) is 0 Å². The summed E-state index contributed by atoms with van der Waals surface area (Å²) in [5.74, 6) is 0.591. The molecule has 0 radical (unpaired) electrons. The second kappa shape index (κ2) is 10.7. The van der Waals surface area contributed by atoms with E-state index in [0.29, 0.717) is 18.8 Å². The van der Waals surface area contributed by atoms with Gasteiger partial charge in [-0.2, -0.15) is 0 Å². The molecule has 4 rings (SSSR count). The Morgan fingerprint density at radius 3 is 2.47 bits per heavy atom. The van der Waals surface area contributed by atoms with Crippen LogP contribution in [0, 0.1) is 13.8 Å². The summed E-state index contributed by atoms with van der Waals surface area (Å²) in [4.78, 5) is 25.7. The number of hydrogen-bond acceptors (Lipinski definition) is 6. The molecule has 1 fully saturated rings. The quantitative estimate of drug-likeness (QED) is 0.537. The molecule has 6 nitrogen and oxygen atoms in total. The molecule has 3 heterocycles. The van der Waals surface area contributed by atoms with E-state index < -0.39 is 0 Å². The number of aromatic nitrogens is 2. The van der Waals surface area contributed by atoms with Crippen LogP contribution >= 0.6 is 11.3 Å². The van der Waals surface area contributed by atoms with E-state index in [1.165, 1.54) is 11.1 Å². The molecule has 168 valence electrons. The van der Waals surface area contributed by atoms with Gasteiger partial charge in [0.2, 0.25) is 0 Å². The number of carbonyl (C=O) groups is 1. The van der Waals surface area contributed by atoms with Crippen LogP contribution in [0.25, 0.3) is 0 Å². The first-order chi connectivity index (χ1) is 15.5. The topological polar surface area (TPSA) is 58.6 Å². The van der Waals surface area contributed by atoms with E-state index in [4.69, 9.17) is 4.74 Å². The van der Waals surface area contributed by atoms with Gasteiger partial charge in [0.15, 0.2) is 0 Å². The average Bonchev–Trinajstić information content (AvgIpc) is 3.23. The van der Waals surface area contributed by atoms with Crippen LogP contribution in [0.1, 0.15) is 27.5 Å². The minimum atomic E-state index is -0.267. The Morgan fingerprint density at radius 2 is 1.78 bits per heavy atom. The predicted molar refractivity (Wildman–Crippen MR) is 127 cm³/mol. The van der Waals surface area contributed by atoms with Crippen LogP contribution in [0.15, 0.2) is 48.0 Å². The monoisotopic (exact) mass is 450 g/mol. The van der Waals surface area contributed by atoms with Crippen molar-refractivity contribution in [2.45, 2.75) is 33.1 Å². The number of rotatable bonds is 7. The number of thiazole rings is 1. The zero-order valence-electron chi connectivity index (χ0n) is 18.8. The number of ether oxygens (including phenoxy) is 1. The van der Waals surface area contributed by atoms with Crippen LogP contribution in [0.4, 0.5) is 4.79 Å². The van der Waals surface area contributed by atoms with Gasteiger partial charge in [0.1, 0.15) is 5.75 Å². The summed E-state index contributed by atoms with van der Waals surface area (Å²) in [5.41, 5.74) is 4.69. The van der Waals surface area contributed by atoms with Crippen LogP contribution < -0.4 is 4.74 Å². The Bertz CT molecular complexity index is 1030. The van der Waals surface area contributed by atoms with E-state index in [9.17, 15) is 4.79 Å². The van der Waals surface area contributed by atoms with E-state index in [-0.39, 0.29) is 6.09 Å². The fraction of sp³-hybridized carbons (Fsp3) is 0.400. The van der Waals surface area contributed by atoms with Crippen molar-refractivity contribution in [1.29, 1.82) is 0 Å². The van der Waals surface area contributed by atoms with Crippen LogP contribution in [0.2, 0.25) is 0 Å². The van der Waals surface area contributed by atoms with Gasteiger partial charge in [-0.15, -0.1) is 11.3 Å². The number of carbonyl (C=O) groups excluding carboxylic acids is 1. The largest absolute Gasteiger partial charge is 0.415 e. The van der Waals surface area contributed by atoms with Crippen molar-refractivity contribution in [1.82, 2.24) is 19.8 Å². The Morgan fingerprint density at radius 1 is 1.00 bits per heavy atom. The lowest BCUT2D eigenvalue weighted by molar-refractivity contribution is 0.111. The van der Waals surface area contributed by atoms with Gasteiger partial charge in [0, 0.05) is 56.4 Å². The van der Waals surface area contributed by atoms with E-state index in [1.807, 2.05) is 43.5 Å². The van der Waals surface area contributed by atoms with Gasteiger partial charge in [-0.3, -0.25) is 9.88 Å². The first-order valence-electron chi connectivity index (χ1n) is 11.2. The Hall–Kier alpha value is -2.77. The van der Waals surface area contributed by atoms with Gasteiger partial charge in [-0.1, -0.05) is 12.1 Å². The minimum absolute atomic E-state index is 0.267. The fourth-order valence-corrected chi connectivity index (χ4v) is 4.49. The van der Waals surface area contributed by atoms with Crippen molar-refractivity contribution >= 4 is 17.4 Å². The van der Waals surface area contributed by atoms with Crippen LogP contribution in [-0.4, -0.2) is 58.6 Å². The number of hydrogen-bond donors (Lipinski definition) is 0. The third-order valence-corrected chi connectivity index (χ3v) is 6.57. The van der Waals surface area contributed by atoms with E-state index >= 15 is 0 Å². The zero-order chi connectivity index (χ0) is 22.3. The molecule has 3 aromatic rings. The predicted octanol–water partition coefficient (Wildman–Crippen LogP) is 4.30. The molecular formula is C25H30N4O2S. The lowest BCUT2D eigenvalue weighted by Crippen LogP contribution is -2.49. The number of amides is 1. The first-order valence-corrected chi connectivity index (χ1v) is 12.0. The first kappa shape index (κ1) is 22.4. The lowest BCUT2D eigenvalue weighted by atomic mass is 10.1. The van der Waals surface area contributed by atoms with Crippen LogP contribution in [0.3, 0.4) is 0 Å². The van der Waals surface area contributed by atoms with Gasteiger partial charge in [0.25, 0.3) is 0 Å². The number of aryl methyl sites for hydroxylation is 4. The summed E-state index contributed by atoms with van der Waals surface area (Å²) in [5, 5.41) is 3.25. The highest BCUT2D eigenvalue weighted by Crippen LogP contribution is 2.16. The number of nitrogens with zero attached hydrogens (tertiary/aromatic N) is 4. The standard InChI is InChI=1S/C25H30N4O2S/c1-19-9-11-26-22(17-19)6-3-21-4-7-24(8-5-21)31-25(30)29-15-13-28(14-16-29)12-10-23-18-32-20(2)27-23/h4-5,7-9,11,17-18H,3,6,10,12-16H2,1-2H3. The second-order valence-corrected chi connectivity index (χ2v) is 9.34. The lowest BCUT2D eigenvalue weighted by Gasteiger charge is -2.33. The third-order valence-electron chi connectivity index (χ3n) is 5.75. The Balaban J connectivity index is 1.19. The summed E-state index contributed by atoms with van der Waals surface area (Å²) in [6, 6.07) is 11.9. The zero-order valence-corrected chi connectivity index (χ0v) is 19.6. The molecule has 0 spiro atoms. The maximum absolute atomic E-state index is 12.6. The summed E-state index contributed by atoms with van der Waals surface area (Å²) in [6.45, 7) is 8.21. The Kier molecular flexibility index (Phi) is 7.50.